The summed E-state index contributed by atoms with van der Waals surface area (Å²) in [6.45, 7) is 0. The van der Waals surface area contributed by atoms with Crippen LogP contribution in [-0.2, 0) is 12.8 Å². The number of ether oxygens (including phenoxy) is 1. The summed E-state index contributed by atoms with van der Waals surface area (Å²) in [7, 11) is 1.64. The lowest BCUT2D eigenvalue weighted by molar-refractivity contribution is 0.415. The standard InChI is InChI=1S/C26H22N4O2/c1-32-21-9-7-20(8-10-21)24-17-30-25(22(28-24)15-18-5-3-2-4-6-18)29-23(26(30)31)16-19-11-13-27-14-12-19/h2-14,17,28H,15-16H2,1H3. The lowest BCUT2D eigenvalue weighted by Gasteiger charge is -2.13. The van der Waals surface area contributed by atoms with Crippen LogP contribution < -0.4 is 10.3 Å². The molecule has 1 aromatic heterocycles. The molecule has 0 radical (unpaired) electrons. The molecule has 0 spiro atoms. The van der Waals surface area contributed by atoms with Crippen molar-refractivity contribution in [2.45, 2.75) is 12.8 Å². The molecule has 2 aliphatic rings. The Morgan fingerprint density at radius 3 is 2.34 bits per heavy atom. The zero-order valence-corrected chi connectivity index (χ0v) is 17.7. The SMILES string of the molecule is COc1ccc(-c2cn3c(=O)c(Cc4ccncc4)nc-3c(Cc3ccccc3)[nH]2)cc1. The maximum absolute atomic E-state index is 13.3. The Labute approximate surface area is 185 Å². The molecular formula is C26H22N4O2. The Kier molecular flexibility index (Phi) is 5.25. The minimum absolute atomic E-state index is 0.102. The number of imidazole rings is 1. The summed E-state index contributed by atoms with van der Waals surface area (Å²) in [4.78, 5) is 25.6. The van der Waals surface area contributed by atoms with Crippen molar-refractivity contribution in [1.29, 1.82) is 0 Å². The van der Waals surface area contributed by atoms with E-state index in [9.17, 15) is 4.79 Å². The van der Waals surface area contributed by atoms with Gasteiger partial charge in [0.1, 0.15) is 11.4 Å². The summed E-state index contributed by atoms with van der Waals surface area (Å²) < 4.78 is 6.93. The second-order valence-corrected chi connectivity index (χ2v) is 7.63. The maximum atomic E-state index is 13.3. The first-order valence-corrected chi connectivity index (χ1v) is 10.4. The topological polar surface area (TPSA) is 72.8 Å². The second-order valence-electron chi connectivity index (χ2n) is 7.63. The van der Waals surface area contributed by atoms with Gasteiger partial charge in [0.25, 0.3) is 5.56 Å². The van der Waals surface area contributed by atoms with Crippen LogP contribution in [0.5, 0.6) is 5.75 Å². The average molecular weight is 422 g/mol. The molecule has 158 valence electrons. The van der Waals surface area contributed by atoms with E-state index in [2.05, 4.69) is 22.1 Å². The Bertz CT molecular complexity index is 1360. The van der Waals surface area contributed by atoms with Crippen LogP contribution in [0.2, 0.25) is 0 Å². The van der Waals surface area contributed by atoms with Crippen molar-refractivity contribution in [2.24, 2.45) is 0 Å². The first-order chi connectivity index (χ1) is 15.7. The van der Waals surface area contributed by atoms with Gasteiger partial charge in [0, 0.05) is 31.4 Å². The molecular weight excluding hydrogens is 400 g/mol. The van der Waals surface area contributed by atoms with E-state index in [0.717, 1.165) is 33.8 Å². The van der Waals surface area contributed by atoms with Crippen molar-refractivity contribution in [3.05, 3.63) is 118 Å². The first-order valence-electron chi connectivity index (χ1n) is 10.4. The summed E-state index contributed by atoms with van der Waals surface area (Å²) in [6.07, 6.45) is 6.39. The predicted molar refractivity (Wildman–Crippen MR) is 124 cm³/mol. The Morgan fingerprint density at radius 2 is 1.62 bits per heavy atom. The van der Waals surface area contributed by atoms with Crippen molar-refractivity contribution < 1.29 is 4.74 Å². The van der Waals surface area contributed by atoms with Gasteiger partial charge < -0.3 is 9.72 Å². The highest BCUT2D eigenvalue weighted by molar-refractivity contribution is 5.61. The summed E-state index contributed by atoms with van der Waals surface area (Å²) in [6, 6.07) is 21.7. The molecule has 0 aliphatic carbocycles. The van der Waals surface area contributed by atoms with Crippen LogP contribution in [0.3, 0.4) is 0 Å². The number of fused-ring (bicyclic) bond motifs is 1. The zero-order chi connectivity index (χ0) is 21.9. The first kappa shape index (κ1) is 19.8. The number of benzene rings is 2. The average Bonchev–Trinajstić information content (AvgIpc) is 3.16. The van der Waals surface area contributed by atoms with Crippen LogP contribution >= 0.6 is 0 Å². The van der Waals surface area contributed by atoms with Crippen LogP contribution in [0, 0.1) is 0 Å². The Morgan fingerprint density at radius 1 is 0.906 bits per heavy atom. The van der Waals surface area contributed by atoms with Crippen molar-refractivity contribution in [1.82, 2.24) is 19.5 Å². The summed E-state index contributed by atoms with van der Waals surface area (Å²) in [5.41, 5.74) is 5.26. The third kappa shape index (κ3) is 3.90. The molecule has 0 amide bonds. The molecule has 0 atom stereocenters. The fourth-order valence-corrected chi connectivity index (χ4v) is 3.83. The Hall–Kier alpha value is -4.19. The van der Waals surface area contributed by atoms with Crippen LogP contribution in [0.15, 0.2) is 90.1 Å². The van der Waals surface area contributed by atoms with Gasteiger partial charge in [-0.15, -0.1) is 0 Å². The molecule has 6 heteroatoms. The van der Waals surface area contributed by atoms with E-state index in [1.165, 1.54) is 0 Å². The number of hydrogen-bond donors (Lipinski definition) is 1. The van der Waals surface area contributed by atoms with Gasteiger partial charge in [0.2, 0.25) is 0 Å². The van der Waals surface area contributed by atoms with Gasteiger partial charge in [0.15, 0.2) is 5.82 Å². The van der Waals surface area contributed by atoms with Crippen LogP contribution in [-0.4, -0.2) is 26.6 Å². The molecule has 5 rings (SSSR count). The zero-order valence-electron chi connectivity index (χ0n) is 17.7. The van der Waals surface area contributed by atoms with Gasteiger partial charge in [-0.25, -0.2) is 4.98 Å². The number of methoxy groups -OCH3 is 1. The van der Waals surface area contributed by atoms with Crippen LogP contribution in [0.4, 0.5) is 0 Å². The number of nitrogens with one attached hydrogen (secondary N) is 1. The van der Waals surface area contributed by atoms with E-state index in [1.807, 2.05) is 60.8 Å². The monoisotopic (exact) mass is 422 g/mol. The minimum Gasteiger partial charge on any atom is -0.497 e. The molecule has 0 saturated carbocycles. The summed E-state index contributed by atoms with van der Waals surface area (Å²) in [5, 5.41) is 0. The van der Waals surface area contributed by atoms with Gasteiger partial charge in [-0.1, -0.05) is 30.3 Å². The third-order valence-corrected chi connectivity index (χ3v) is 5.49. The molecule has 6 nitrogen and oxygen atoms in total. The van der Waals surface area contributed by atoms with E-state index in [-0.39, 0.29) is 5.56 Å². The number of H-pyrrole nitrogens is 1. The number of nitrogens with zero attached hydrogens (tertiary/aromatic N) is 3. The van der Waals surface area contributed by atoms with Gasteiger partial charge in [-0.05, 0) is 53.1 Å². The van der Waals surface area contributed by atoms with Crippen LogP contribution in [0.25, 0.3) is 17.1 Å². The number of hydrogen-bond acceptors (Lipinski definition) is 4. The lowest BCUT2D eigenvalue weighted by Crippen LogP contribution is -2.17. The maximum Gasteiger partial charge on any atom is 0.278 e. The normalized spacial score (nSPS) is 11.0. The molecule has 0 fully saturated rings. The smallest absolute Gasteiger partial charge is 0.278 e. The van der Waals surface area contributed by atoms with E-state index in [0.29, 0.717) is 24.4 Å². The van der Waals surface area contributed by atoms with Crippen LogP contribution in [0.1, 0.15) is 22.5 Å². The number of aromatic amines is 1. The van der Waals surface area contributed by atoms with Crippen molar-refractivity contribution in [3.8, 4) is 22.8 Å². The molecule has 0 saturated heterocycles. The third-order valence-electron chi connectivity index (χ3n) is 5.49. The summed E-state index contributed by atoms with van der Waals surface area (Å²) >= 11 is 0. The highest BCUT2D eigenvalue weighted by Crippen LogP contribution is 2.25. The Balaban J connectivity index is 1.63. The fraction of sp³-hybridized carbons (Fsp3) is 0.115. The molecule has 0 unspecified atom stereocenters. The van der Waals surface area contributed by atoms with Gasteiger partial charge >= 0.3 is 0 Å². The number of rotatable bonds is 6. The molecule has 1 N–H and O–H groups in total. The van der Waals surface area contributed by atoms with E-state index >= 15 is 0 Å². The van der Waals surface area contributed by atoms with Gasteiger partial charge in [-0.2, -0.15) is 0 Å². The molecule has 2 aliphatic heterocycles. The fourth-order valence-electron chi connectivity index (χ4n) is 3.83. The minimum atomic E-state index is -0.102. The molecule has 3 heterocycles. The van der Waals surface area contributed by atoms with E-state index in [4.69, 9.17) is 9.72 Å². The lowest BCUT2D eigenvalue weighted by atomic mass is 10.1. The van der Waals surface area contributed by atoms with Crippen molar-refractivity contribution in [3.63, 3.8) is 0 Å². The van der Waals surface area contributed by atoms with Crippen molar-refractivity contribution >= 4 is 0 Å². The molecule has 3 aromatic rings. The molecule has 0 bridgehead atoms. The molecule has 32 heavy (non-hydrogen) atoms. The number of aromatic nitrogens is 4. The second kappa shape index (κ2) is 8.51. The van der Waals surface area contributed by atoms with Crippen molar-refractivity contribution in [2.75, 3.05) is 7.11 Å². The quantitative estimate of drug-likeness (QED) is 0.444. The largest absolute Gasteiger partial charge is 0.497 e. The van der Waals surface area contributed by atoms with Gasteiger partial charge in [-0.3, -0.25) is 14.3 Å². The van der Waals surface area contributed by atoms with E-state index in [1.54, 1.807) is 24.1 Å². The van der Waals surface area contributed by atoms with Gasteiger partial charge in [0.05, 0.1) is 18.5 Å². The predicted octanol–water partition coefficient (Wildman–Crippen LogP) is 4.25. The summed E-state index contributed by atoms with van der Waals surface area (Å²) in [5.74, 6) is 1.44. The molecule has 2 aromatic carbocycles. The van der Waals surface area contributed by atoms with E-state index < -0.39 is 0 Å². The highest BCUT2D eigenvalue weighted by atomic mass is 16.5. The highest BCUT2D eigenvalue weighted by Gasteiger charge is 2.20. The number of pyridine rings is 1.